The van der Waals surface area contributed by atoms with Gasteiger partial charge < -0.3 is 10.7 Å². The first kappa shape index (κ1) is 16.0. The lowest BCUT2D eigenvalue weighted by molar-refractivity contribution is 0.591. The van der Waals surface area contributed by atoms with E-state index >= 15 is 0 Å². The summed E-state index contributed by atoms with van der Waals surface area (Å²) in [6.45, 7) is 0.546. The Morgan fingerprint density at radius 1 is 1.00 bits per heavy atom. The largest absolute Gasteiger partial charge is 0.351 e. The van der Waals surface area contributed by atoms with E-state index in [0.29, 0.717) is 17.6 Å². The molecule has 1 heterocycles. The Bertz CT molecular complexity index is 828. The van der Waals surface area contributed by atoms with E-state index in [4.69, 9.17) is 5.73 Å². The second-order valence-electron chi connectivity index (χ2n) is 5.14. The Kier molecular flexibility index (Phi) is 4.63. The average molecular weight is 336 g/mol. The van der Waals surface area contributed by atoms with Gasteiger partial charge in [0.1, 0.15) is 17.5 Å². The van der Waals surface area contributed by atoms with Crippen LogP contribution in [0.3, 0.4) is 0 Å². The zero-order valence-electron chi connectivity index (χ0n) is 12.2. The fourth-order valence-electron chi connectivity index (χ4n) is 2.42. The highest BCUT2D eigenvalue weighted by Crippen LogP contribution is 2.39. The van der Waals surface area contributed by atoms with Crippen LogP contribution in [0.1, 0.15) is 6.42 Å². The van der Waals surface area contributed by atoms with Gasteiger partial charge in [0.05, 0.1) is 11.2 Å². The molecule has 3 aromatic rings. The summed E-state index contributed by atoms with van der Waals surface area (Å²) in [4.78, 5) is 3.75. The van der Waals surface area contributed by atoms with Gasteiger partial charge in [-0.3, -0.25) is 0 Å². The molecular weight excluding hydrogens is 321 g/mol. The molecule has 0 radical (unpaired) electrons. The molecule has 0 saturated heterocycles. The van der Waals surface area contributed by atoms with E-state index in [9.17, 15) is 13.2 Å². The molecule has 0 amide bonds. The molecule has 0 aliphatic rings. The number of hydrogen-bond donors (Lipinski definition) is 2. The second kappa shape index (κ2) is 6.68. The van der Waals surface area contributed by atoms with Crippen LogP contribution in [0, 0.1) is 17.5 Å². The number of halogens is 3. The van der Waals surface area contributed by atoms with Crippen molar-refractivity contribution < 1.29 is 13.2 Å². The second-order valence-corrected chi connectivity index (χ2v) is 6.24. The first-order valence-corrected chi connectivity index (χ1v) is 8.18. The van der Waals surface area contributed by atoms with E-state index in [1.807, 2.05) is 0 Å². The third kappa shape index (κ3) is 3.23. The molecule has 3 N–H and O–H groups in total. The van der Waals surface area contributed by atoms with Crippen LogP contribution in [0.25, 0.3) is 22.2 Å². The summed E-state index contributed by atoms with van der Waals surface area (Å²) >= 11 is 1.49. The summed E-state index contributed by atoms with van der Waals surface area (Å²) in [7, 11) is 0. The van der Waals surface area contributed by atoms with Gasteiger partial charge >= 0.3 is 0 Å². The highest BCUT2D eigenvalue weighted by Gasteiger charge is 2.17. The molecule has 0 spiro atoms. The molecule has 1 aromatic heterocycles. The topological polar surface area (TPSA) is 41.8 Å². The fraction of sp³-hybridized carbons (Fsp3) is 0.176. The Hall–Kier alpha value is -1.92. The van der Waals surface area contributed by atoms with Crippen molar-refractivity contribution in [2.45, 2.75) is 11.3 Å². The Balaban J connectivity index is 2.16. The average Bonchev–Trinajstić information content (AvgIpc) is 2.87. The maximum atomic E-state index is 14.0. The van der Waals surface area contributed by atoms with Crippen molar-refractivity contribution >= 4 is 22.7 Å². The molecule has 0 saturated carbocycles. The Morgan fingerprint density at radius 3 is 2.43 bits per heavy atom. The third-order valence-corrected chi connectivity index (χ3v) is 4.71. The van der Waals surface area contributed by atoms with Gasteiger partial charge in [-0.2, -0.15) is 0 Å². The molecule has 0 unspecified atom stereocenters. The van der Waals surface area contributed by atoms with Crippen LogP contribution in [0.15, 0.2) is 41.3 Å². The predicted molar refractivity (Wildman–Crippen MR) is 88.0 cm³/mol. The minimum atomic E-state index is -0.644. The molecule has 6 heteroatoms. The van der Waals surface area contributed by atoms with Crippen LogP contribution in [-0.2, 0) is 0 Å². The number of benzene rings is 2. The molecule has 2 nitrogen and oxygen atoms in total. The van der Waals surface area contributed by atoms with Crippen molar-refractivity contribution in [1.82, 2.24) is 4.98 Å². The Morgan fingerprint density at radius 2 is 1.74 bits per heavy atom. The van der Waals surface area contributed by atoms with Crippen molar-refractivity contribution in [2.24, 2.45) is 5.73 Å². The highest BCUT2D eigenvalue weighted by atomic mass is 32.2. The predicted octanol–water partition coefficient (Wildman–Crippen LogP) is 4.69. The van der Waals surface area contributed by atoms with E-state index in [-0.39, 0.29) is 11.3 Å². The first-order chi connectivity index (χ1) is 11.1. The summed E-state index contributed by atoms with van der Waals surface area (Å²) in [5, 5.41) is 0.490. The van der Waals surface area contributed by atoms with E-state index in [2.05, 4.69) is 4.98 Å². The highest BCUT2D eigenvalue weighted by molar-refractivity contribution is 7.99. The SMILES string of the molecule is NCCCSc1c(-c2ccc(F)cc2)[nH]c2c(F)cc(F)cc12. The van der Waals surface area contributed by atoms with E-state index in [1.54, 1.807) is 12.1 Å². The van der Waals surface area contributed by atoms with Gasteiger partial charge in [0.2, 0.25) is 0 Å². The number of thioether (sulfide) groups is 1. The minimum Gasteiger partial charge on any atom is -0.351 e. The standard InChI is InChI=1S/C17H15F3N2S/c18-11-4-2-10(3-5-11)15-17(23-7-1-6-21)13-8-12(19)9-14(20)16(13)22-15/h2-5,8-9,22H,1,6-7,21H2. The molecule has 23 heavy (non-hydrogen) atoms. The van der Waals surface area contributed by atoms with Gasteiger partial charge in [-0.25, -0.2) is 13.2 Å². The number of fused-ring (bicyclic) bond motifs is 1. The van der Waals surface area contributed by atoms with Crippen LogP contribution in [0.2, 0.25) is 0 Å². The molecule has 2 aromatic carbocycles. The van der Waals surface area contributed by atoms with Crippen LogP contribution in [0.5, 0.6) is 0 Å². The fourth-order valence-corrected chi connectivity index (χ4v) is 3.57. The molecule has 0 aliphatic carbocycles. The van der Waals surface area contributed by atoms with Gasteiger partial charge in [0.15, 0.2) is 0 Å². The number of H-pyrrole nitrogens is 1. The quantitative estimate of drug-likeness (QED) is 0.524. The Labute approximate surface area is 135 Å². The van der Waals surface area contributed by atoms with Gasteiger partial charge in [-0.15, -0.1) is 11.8 Å². The molecule has 0 fully saturated rings. The van der Waals surface area contributed by atoms with Crippen molar-refractivity contribution in [2.75, 3.05) is 12.3 Å². The summed E-state index contributed by atoms with van der Waals surface area (Å²) in [5.74, 6) is -0.885. The lowest BCUT2D eigenvalue weighted by Crippen LogP contribution is -1.99. The number of nitrogens with two attached hydrogens (primary N) is 1. The smallest absolute Gasteiger partial charge is 0.150 e. The van der Waals surface area contributed by atoms with E-state index < -0.39 is 11.6 Å². The molecular formula is C17H15F3N2S. The third-order valence-electron chi connectivity index (χ3n) is 3.50. The van der Waals surface area contributed by atoms with Crippen molar-refractivity contribution in [3.8, 4) is 11.3 Å². The zero-order valence-corrected chi connectivity index (χ0v) is 13.0. The summed E-state index contributed by atoms with van der Waals surface area (Å²) in [5.41, 5.74) is 7.14. The number of aromatic nitrogens is 1. The van der Waals surface area contributed by atoms with Gasteiger partial charge in [-0.05, 0) is 54.6 Å². The normalized spacial score (nSPS) is 11.3. The summed E-state index contributed by atoms with van der Waals surface area (Å²) in [6, 6.07) is 8.06. The lowest BCUT2D eigenvalue weighted by Gasteiger charge is -2.05. The minimum absolute atomic E-state index is 0.251. The maximum absolute atomic E-state index is 14.0. The molecule has 120 valence electrons. The number of nitrogens with one attached hydrogen (secondary N) is 1. The summed E-state index contributed by atoms with van der Waals surface area (Å²) < 4.78 is 40.8. The monoisotopic (exact) mass is 336 g/mol. The molecule has 0 bridgehead atoms. The molecule has 3 rings (SSSR count). The number of aromatic amines is 1. The summed E-state index contributed by atoms with van der Waals surface area (Å²) in [6.07, 6.45) is 0.790. The number of hydrogen-bond acceptors (Lipinski definition) is 2. The van der Waals surface area contributed by atoms with Gasteiger partial charge in [-0.1, -0.05) is 0 Å². The van der Waals surface area contributed by atoms with E-state index in [1.165, 1.54) is 30.0 Å². The number of rotatable bonds is 5. The van der Waals surface area contributed by atoms with Crippen molar-refractivity contribution in [3.05, 3.63) is 53.8 Å². The zero-order chi connectivity index (χ0) is 16.4. The molecule has 0 atom stereocenters. The van der Waals surface area contributed by atoms with Crippen LogP contribution < -0.4 is 5.73 Å². The van der Waals surface area contributed by atoms with E-state index in [0.717, 1.165) is 28.7 Å². The lowest BCUT2D eigenvalue weighted by atomic mass is 10.1. The van der Waals surface area contributed by atoms with Crippen molar-refractivity contribution in [3.63, 3.8) is 0 Å². The molecule has 0 aliphatic heterocycles. The van der Waals surface area contributed by atoms with Crippen LogP contribution in [0.4, 0.5) is 13.2 Å². The van der Waals surface area contributed by atoms with Gasteiger partial charge in [0, 0.05) is 16.3 Å². The van der Waals surface area contributed by atoms with Crippen LogP contribution in [-0.4, -0.2) is 17.3 Å². The first-order valence-electron chi connectivity index (χ1n) is 7.19. The maximum Gasteiger partial charge on any atom is 0.150 e. The van der Waals surface area contributed by atoms with Crippen LogP contribution >= 0.6 is 11.8 Å². The van der Waals surface area contributed by atoms with Crippen molar-refractivity contribution in [1.29, 1.82) is 0 Å². The van der Waals surface area contributed by atoms with Gasteiger partial charge in [0.25, 0.3) is 0 Å².